The zero-order valence-electron chi connectivity index (χ0n) is 14.3. The normalized spacial score (nSPS) is 34.5. The first-order valence-corrected chi connectivity index (χ1v) is 11.5. The third-order valence-corrected chi connectivity index (χ3v) is 8.86. The van der Waals surface area contributed by atoms with Crippen LogP contribution < -0.4 is 4.72 Å². The lowest BCUT2D eigenvalue weighted by molar-refractivity contribution is -0.246. The van der Waals surface area contributed by atoms with Gasteiger partial charge in [0.15, 0.2) is 0 Å². The van der Waals surface area contributed by atoms with Crippen LogP contribution in [0, 0.1) is 17.8 Å². The van der Waals surface area contributed by atoms with Crippen molar-refractivity contribution in [2.75, 3.05) is 0 Å². The number of hydrogen-bond acceptors (Lipinski definition) is 4. The van der Waals surface area contributed by atoms with Crippen LogP contribution >= 0.6 is 0 Å². The minimum atomic E-state index is -7.02. The zero-order valence-corrected chi connectivity index (χ0v) is 16.0. The minimum absolute atomic E-state index is 0.00592. The Balaban J connectivity index is 1.94. The van der Waals surface area contributed by atoms with Gasteiger partial charge in [0.1, 0.15) is 0 Å². The largest absolute Gasteiger partial charge is 0.439 e. The molecule has 0 amide bonds. The molecule has 3 fully saturated rings. The average Bonchev–Trinajstić information content (AvgIpc) is 2.50. The van der Waals surface area contributed by atoms with E-state index in [1.54, 1.807) is 0 Å². The van der Waals surface area contributed by atoms with E-state index in [2.05, 4.69) is 0 Å². The van der Waals surface area contributed by atoms with E-state index in [9.17, 15) is 43.2 Å². The van der Waals surface area contributed by atoms with E-state index >= 15 is 0 Å². The highest BCUT2D eigenvalue weighted by molar-refractivity contribution is 7.91. The maximum atomic E-state index is 14.1. The third kappa shape index (κ3) is 3.05. The fourth-order valence-electron chi connectivity index (χ4n) is 5.03. The second-order valence-electron chi connectivity index (χ2n) is 8.12. The van der Waals surface area contributed by atoms with Gasteiger partial charge in [-0.05, 0) is 56.3 Å². The van der Waals surface area contributed by atoms with E-state index < -0.39 is 42.1 Å². The maximum absolute atomic E-state index is 14.1. The van der Waals surface area contributed by atoms with Gasteiger partial charge in [-0.3, -0.25) is 4.55 Å². The molecule has 3 bridgehead atoms. The van der Waals surface area contributed by atoms with Crippen molar-refractivity contribution in [3.8, 4) is 0 Å². The molecule has 0 heterocycles. The number of fused-ring (bicyclic) bond motifs is 2. The Labute approximate surface area is 157 Å². The summed E-state index contributed by atoms with van der Waals surface area (Å²) in [6, 6.07) is 0. The van der Waals surface area contributed by atoms with Gasteiger partial charge in [-0.25, -0.2) is 13.1 Å². The average molecular weight is 459 g/mol. The van der Waals surface area contributed by atoms with E-state index in [1.165, 1.54) is 4.72 Å². The monoisotopic (exact) mass is 459 g/mol. The molecule has 3 rings (SSSR count). The van der Waals surface area contributed by atoms with Gasteiger partial charge in [0.25, 0.3) is 10.0 Å². The smallest absolute Gasteiger partial charge is 0.281 e. The van der Waals surface area contributed by atoms with Gasteiger partial charge in [0.05, 0.1) is 0 Å². The zero-order chi connectivity index (χ0) is 21.4. The summed E-state index contributed by atoms with van der Waals surface area (Å²) in [5, 5.41) is -13.2. The van der Waals surface area contributed by atoms with E-state index in [4.69, 9.17) is 4.55 Å². The Morgan fingerprint density at radius 3 is 2.04 bits per heavy atom. The molecule has 3 aliphatic carbocycles. The SMILES string of the molecule is O=S(=O)(O)C(F)(F)C(F)(F)C(F)(F)S(=O)(=O)NC12CCC3CCC(CC3C1)C2. The predicted octanol–water partition coefficient (Wildman–Crippen LogP) is 2.97. The highest BCUT2D eigenvalue weighted by Gasteiger charge is 2.82. The van der Waals surface area contributed by atoms with Gasteiger partial charge in [-0.15, -0.1) is 0 Å². The van der Waals surface area contributed by atoms with Gasteiger partial charge >= 0.3 is 26.5 Å². The predicted molar refractivity (Wildman–Crippen MR) is 84.0 cm³/mol. The fraction of sp³-hybridized carbons (Fsp3) is 1.00. The van der Waals surface area contributed by atoms with Gasteiger partial charge in [-0.2, -0.15) is 34.8 Å². The lowest BCUT2D eigenvalue weighted by atomic mass is 9.55. The molecule has 0 aromatic heterocycles. The van der Waals surface area contributed by atoms with E-state index in [1.807, 2.05) is 0 Å². The summed E-state index contributed by atoms with van der Waals surface area (Å²) in [6.07, 6.45) is 3.24. The van der Waals surface area contributed by atoms with Crippen LogP contribution in [0.5, 0.6) is 0 Å². The summed E-state index contributed by atoms with van der Waals surface area (Å²) in [7, 11) is -13.4. The van der Waals surface area contributed by atoms with E-state index in [0.717, 1.165) is 19.3 Å². The van der Waals surface area contributed by atoms with Gasteiger partial charge < -0.3 is 0 Å². The van der Waals surface area contributed by atoms with Crippen molar-refractivity contribution < 1.29 is 47.7 Å². The summed E-state index contributed by atoms with van der Waals surface area (Å²) in [5.74, 6) is -6.60. The van der Waals surface area contributed by atoms with Gasteiger partial charge in [-0.1, -0.05) is 6.42 Å². The lowest BCUT2D eigenvalue weighted by Crippen LogP contribution is -2.66. The van der Waals surface area contributed by atoms with Crippen molar-refractivity contribution in [1.29, 1.82) is 0 Å². The van der Waals surface area contributed by atoms with Crippen LogP contribution in [0.4, 0.5) is 26.3 Å². The summed E-state index contributed by atoms with van der Waals surface area (Å²) in [5.41, 5.74) is -1.46. The van der Waals surface area contributed by atoms with Gasteiger partial charge in [0, 0.05) is 5.54 Å². The molecule has 0 aromatic rings. The number of nitrogens with one attached hydrogen (secondary N) is 1. The Hall–Kier alpha value is -0.600. The van der Waals surface area contributed by atoms with Crippen molar-refractivity contribution in [2.45, 2.75) is 66.9 Å². The van der Waals surface area contributed by atoms with Crippen molar-refractivity contribution in [2.24, 2.45) is 17.8 Å². The van der Waals surface area contributed by atoms with Crippen LogP contribution in [0.25, 0.3) is 0 Å². The molecule has 2 N–H and O–H groups in total. The molecule has 4 atom stereocenters. The molecule has 4 unspecified atom stereocenters. The first-order chi connectivity index (χ1) is 12.5. The number of sulfonamides is 1. The molecular formula is C14H19F6NO5S2. The molecule has 0 radical (unpaired) electrons. The van der Waals surface area contributed by atoms with Crippen LogP contribution in [-0.4, -0.2) is 43.4 Å². The van der Waals surface area contributed by atoms with Crippen molar-refractivity contribution in [1.82, 2.24) is 4.72 Å². The highest BCUT2D eigenvalue weighted by Crippen LogP contribution is 2.56. The summed E-state index contributed by atoms with van der Waals surface area (Å²) >= 11 is 0. The fourth-order valence-corrected chi connectivity index (χ4v) is 6.98. The quantitative estimate of drug-likeness (QED) is 0.470. The Kier molecular flexibility index (Phi) is 4.89. The summed E-state index contributed by atoms with van der Waals surface area (Å²) in [4.78, 5) is 0. The van der Waals surface area contributed by atoms with Crippen LogP contribution in [0.1, 0.15) is 44.9 Å². The van der Waals surface area contributed by atoms with Crippen molar-refractivity contribution >= 4 is 20.1 Å². The molecule has 3 saturated carbocycles. The number of hydrogen-bond donors (Lipinski definition) is 2. The first-order valence-electron chi connectivity index (χ1n) is 8.60. The van der Waals surface area contributed by atoms with Crippen molar-refractivity contribution in [3.05, 3.63) is 0 Å². The second kappa shape index (κ2) is 6.20. The molecule has 164 valence electrons. The van der Waals surface area contributed by atoms with Gasteiger partial charge in [0.2, 0.25) is 0 Å². The third-order valence-electron chi connectivity index (χ3n) is 6.32. The number of rotatable bonds is 6. The Morgan fingerprint density at radius 2 is 1.46 bits per heavy atom. The topological polar surface area (TPSA) is 101 Å². The Bertz CT molecular complexity index is 857. The van der Waals surface area contributed by atoms with Crippen LogP contribution in [0.15, 0.2) is 0 Å². The molecule has 0 aromatic carbocycles. The molecule has 0 saturated heterocycles. The molecule has 14 heteroatoms. The standard InChI is InChI=1S/C14H19F6NO5S2/c15-12(16,14(19,20)28(24,25)26)13(17,18)27(22,23)21-11-4-3-9-2-1-8(6-11)5-10(9)7-11/h8-10,21H,1-7H2,(H,24,25,26). The van der Waals surface area contributed by atoms with Crippen molar-refractivity contribution in [3.63, 3.8) is 0 Å². The summed E-state index contributed by atoms with van der Waals surface area (Å²) in [6.45, 7) is 0. The van der Waals surface area contributed by atoms with Crippen LogP contribution in [0.3, 0.4) is 0 Å². The molecule has 28 heavy (non-hydrogen) atoms. The van der Waals surface area contributed by atoms with E-state index in [0.29, 0.717) is 6.42 Å². The molecular weight excluding hydrogens is 440 g/mol. The highest BCUT2D eigenvalue weighted by atomic mass is 32.2. The molecule has 0 spiro atoms. The maximum Gasteiger partial charge on any atom is 0.439 e. The van der Waals surface area contributed by atoms with Crippen LogP contribution in [-0.2, 0) is 20.1 Å². The second-order valence-corrected chi connectivity index (χ2v) is 11.3. The molecule has 0 aliphatic heterocycles. The lowest BCUT2D eigenvalue weighted by Gasteiger charge is -2.55. The number of halogens is 6. The first kappa shape index (κ1) is 22.1. The van der Waals surface area contributed by atoms with Crippen LogP contribution in [0.2, 0.25) is 0 Å². The van der Waals surface area contributed by atoms with E-state index in [-0.39, 0.29) is 37.0 Å². The minimum Gasteiger partial charge on any atom is -0.281 e. The number of alkyl halides is 6. The molecule has 6 nitrogen and oxygen atoms in total. The molecule has 3 aliphatic rings. The summed E-state index contributed by atoms with van der Waals surface area (Å²) < 4.78 is 137. The Morgan fingerprint density at radius 1 is 0.857 bits per heavy atom.